The Balaban J connectivity index is 2.78. The van der Waals surface area contributed by atoms with Crippen molar-refractivity contribution in [3.8, 4) is 5.75 Å². The molecule has 0 radical (unpaired) electrons. The molecule has 0 aromatic heterocycles. The van der Waals surface area contributed by atoms with Crippen LogP contribution in [0.25, 0.3) is 0 Å². The van der Waals surface area contributed by atoms with Crippen molar-refractivity contribution in [1.29, 1.82) is 0 Å². The Hall–Kier alpha value is -0.513. The van der Waals surface area contributed by atoms with E-state index in [1.807, 2.05) is 24.3 Å². The summed E-state index contributed by atoms with van der Waals surface area (Å²) in [5, 5.41) is 0.700. The number of rotatable bonds is 7. The summed E-state index contributed by atoms with van der Waals surface area (Å²) in [5.74, 6) is 1.35. The molecular weight excluding hydrogens is 264 g/mol. The molecule has 2 nitrogen and oxygen atoms in total. The molecule has 0 unspecified atom stereocenters. The van der Waals surface area contributed by atoms with Crippen LogP contribution in [-0.2, 0) is 4.43 Å². The fraction of sp³-hybridized carbons (Fsp3) is 0.571. The molecule has 0 fully saturated rings. The van der Waals surface area contributed by atoms with Gasteiger partial charge in [-0.2, -0.15) is 0 Å². The zero-order valence-electron chi connectivity index (χ0n) is 11.7. The number of benzene rings is 1. The minimum Gasteiger partial charge on any atom is -0.520 e. The summed E-state index contributed by atoms with van der Waals surface area (Å²) in [7, 11) is -2.13. The van der Waals surface area contributed by atoms with Gasteiger partial charge in [-0.25, -0.2) is 0 Å². The Morgan fingerprint density at radius 1 is 1.22 bits per heavy atom. The summed E-state index contributed by atoms with van der Waals surface area (Å²) in [6.45, 7) is 9.35. The second-order valence-electron chi connectivity index (χ2n) is 4.88. The predicted octanol–water partition coefficient (Wildman–Crippen LogP) is 4.87. The highest BCUT2D eigenvalue weighted by Gasteiger charge is 2.36. The normalized spacial score (nSPS) is 11.9. The van der Waals surface area contributed by atoms with E-state index in [0.29, 0.717) is 10.9 Å². The maximum Gasteiger partial charge on any atom is 0.398 e. The standard InChI is InChI=1S/C14H23ClO2Si/c1-5-18(6-2,16-11-12(3)4)17-14-9-7-8-13(15)10-14/h7-10,12H,5-6,11H2,1-4H3. The Labute approximate surface area is 117 Å². The van der Waals surface area contributed by atoms with E-state index in [2.05, 4.69) is 27.7 Å². The molecule has 4 heteroatoms. The van der Waals surface area contributed by atoms with Crippen molar-refractivity contribution in [3.63, 3.8) is 0 Å². The quantitative estimate of drug-likeness (QED) is 0.666. The van der Waals surface area contributed by atoms with Crippen molar-refractivity contribution in [2.75, 3.05) is 6.61 Å². The van der Waals surface area contributed by atoms with Crippen LogP contribution in [0, 0.1) is 5.92 Å². The highest BCUT2D eigenvalue weighted by Crippen LogP contribution is 2.25. The van der Waals surface area contributed by atoms with Gasteiger partial charge in [-0.3, -0.25) is 0 Å². The van der Waals surface area contributed by atoms with E-state index in [0.717, 1.165) is 24.4 Å². The molecule has 1 aromatic carbocycles. The zero-order chi connectivity index (χ0) is 13.6. The molecule has 0 aliphatic carbocycles. The van der Waals surface area contributed by atoms with Crippen LogP contribution in [0.2, 0.25) is 17.1 Å². The van der Waals surface area contributed by atoms with Gasteiger partial charge in [0.1, 0.15) is 5.75 Å². The van der Waals surface area contributed by atoms with Gasteiger partial charge in [0.05, 0.1) is 0 Å². The third-order valence-corrected chi connectivity index (χ3v) is 6.55. The van der Waals surface area contributed by atoms with Crippen molar-refractivity contribution in [2.24, 2.45) is 5.92 Å². The number of hydrogen-bond donors (Lipinski definition) is 0. The molecule has 18 heavy (non-hydrogen) atoms. The maximum atomic E-state index is 6.16. The van der Waals surface area contributed by atoms with Gasteiger partial charge in [0.2, 0.25) is 0 Å². The Bertz CT molecular complexity index is 365. The Morgan fingerprint density at radius 3 is 2.39 bits per heavy atom. The first kappa shape index (κ1) is 15.5. The van der Waals surface area contributed by atoms with Crippen LogP contribution in [0.4, 0.5) is 0 Å². The molecule has 0 aliphatic heterocycles. The van der Waals surface area contributed by atoms with E-state index in [9.17, 15) is 0 Å². The van der Waals surface area contributed by atoms with Gasteiger partial charge in [-0.05, 0) is 36.2 Å². The molecule has 102 valence electrons. The van der Waals surface area contributed by atoms with Crippen LogP contribution >= 0.6 is 11.6 Å². The average Bonchev–Trinajstić information content (AvgIpc) is 2.34. The van der Waals surface area contributed by atoms with E-state index >= 15 is 0 Å². The fourth-order valence-electron chi connectivity index (χ4n) is 1.69. The van der Waals surface area contributed by atoms with Gasteiger partial charge in [0, 0.05) is 11.6 Å². The molecule has 0 N–H and O–H groups in total. The molecule has 1 aromatic rings. The number of halogens is 1. The van der Waals surface area contributed by atoms with Crippen LogP contribution in [0.15, 0.2) is 24.3 Å². The lowest BCUT2D eigenvalue weighted by Gasteiger charge is -2.30. The first-order chi connectivity index (χ1) is 8.51. The van der Waals surface area contributed by atoms with Gasteiger partial charge in [-0.1, -0.05) is 45.4 Å². The van der Waals surface area contributed by atoms with Gasteiger partial charge in [-0.15, -0.1) is 0 Å². The molecule has 0 spiro atoms. The smallest absolute Gasteiger partial charge is 0.398 e. The summed E-state index contributed by atoms with van der Waals surface area (Å²) in [5.41, 5.74) is 0. The molecule has 0 heterocycles. The van der Waals surface area contributed by atoms with Crippen LogP contribution in [0.3, 0.4) is 0 Å². The average molecular weight is 287 g/mol. The molecule has 0 saturated carbocycles. The molecule has 0 saturated heterocycles. The maximum absolute atomic E-state index is 6.16. The van der Waals surface area contributed by atoms with Crippen molar-refractivity contribution in [3.05, 3.63) is 29.3 Å². The third kappa shape index (κ3) is 4.63. The van der Waals surface area contributed by atoms with E-state index in [1.54, 1.807) is 0 Å². The first-order valence-corrected chi connectivity index (χ1v) is 9.20. The van der Waals surface area contributed by atoms with E-state index in [4.69, 9.17) is 20.5 Å². The highest BCUT2D eigenvalue weighted by atomic mass is 35.5. The lowest BCUT2D eigenvalue weighted by Crippen LogP contribution is -2.44. The van der Waals surface area contributed by atoms with Crippen LogP contribution in [0.1, 0.15) is 27.7 Å². The topological polar surface area (TPSA) is 18.5 Å². The largest absolute Gasteiger partial charge is 0.520 e. The van der Waals surface area contributed by atoms with Crippen molar-refractivity contribution >= 4 is 20.2 Å². The zero-order valence-corrected chi connectivity index (χ0v) is 13.5. The van der Waals surface area contributed by atoms with Crippen LogP contribution < -0.4 is 4.43 Å². The second kappa shape index (κ2) is 7.17. The second-order valence-corrected chi connectivity index (χ2v) is 9.05. The van der Waals surface area contributed by atoms with Gasteiger partial charge in [0.15, 0.2) is 0 Å². The molecule has 0 aliphatic rings. The minimum absolute atomic E-state index is 0.526. The summed E-state index contributed by atoms with van der Waals surface area (Å²) in [6.07, 6.45) is 0. The van der Waals surface area contributed by atoms with Crippen LogP contribution in [-0.4, -0.2) is 15.2 Å². The predicted molar refractivity (Wildman–Crippen MR) is 79.6 cm³/mol. The van der Waals surface area contributed by atoms with Crippen molar-refractivity contribution < 1.29 is 8.85 Å². The third-order valence-electron chi connectivity index (χ3n) is 2.86. The van der Waals surface area contributed by atoms with E-state index < -0.39 is 8.56 Å². The minimum atomic E-state index is -2.13. The lowest BCUT2D eigenvalue weighted by molar-refractivity contribution is 0.207. The summed E-state index contributed by atoms with van der Waals surface area (Å²) >= 11 is 5.98. The monoisotopic (exact) mass is 286 g/mol. The van der Waals surface area contributed by atoms with Gasteiger partial charge < -0.3 is 8.85 Å². The molecule has 0 atom stereocenters. The Morgan fingerprint density at radius 2 is 1.89 bits per heavy atom. The highest BCUT2D eigenvalue weighted by molar-refractivity contribution is 6.68. The van der Waals surface area contributed by atoms with Crippen LogP contribution in [0.5, 0.6) is 5.75 Å². The summed E-state index contributed by atoms with van der Waals surface area (Å²) in [4.78, 5) is 0. The number of hydrogen-bond acceptors (Lipinski definition) is 2. The molecule has 1 rings (SSSR count). The lowest BCUT2D eigenvalue weighted by atomic mass is 10.2. The van der Waals surface area contributed by atoms with Crippen molar-refractivity contribution in [2.45, 2.75) is 39.8 Å². The molecule has 0 amide bonds. The first-order valence-electron chi connectivity index (χ1n) is 6.60. The fourth-order valence-corrected chi connectivity index (χ4v) is 4.32. The van der Waals surface area contributed by atoms with E-state index in [1.165, 1.54) is 0 Å². The van der Waals surface area contributed by atoms with Gasteiger partial charge >= 0.3 is 8.56 Å². The summed E-state index contributed by atoms with van der Waals surface area (Å²) < 4.78 is 12.3. The van der Waals surface area contributed by atoms with E-state index in [-0.39, 0.29) is 0 Å². The summed E-state index contributed by atoms with van der Waals surface area (Å²) in [6, 6.07) is 9.45. The Kier molecular flexibility index (Phi) is 6.19. The van der Waals surface area contributed by atoms with Gasteiger partial charge in [0.25, 0.3) is 0 Å². The SMILES string of the molecule is CC[Si](CC)(OCC(C)C)Oc1cccc(Cl)c1. The molecule has 0 bridgehead atoms. The molecular formula is C14H23ClO2Si. The van der Waals surface area contributed by atoms with Crippen molar-refractivity contribution in [1.82, 2.24) is 0 Å².